The predicted molar refractivity (Wildman–Crippen MR) is 111 cm³/mol. The Morgan fingerprint density at radius 2 is 1.89 bits per heavy atom. The first-order valence-electron chi connectivity index (χ1n) is 9.04. The molecule has 5 heteroatoms. The van der Waals surface area contributed by atoms with Gasteiger partial charge >= 0.3 is 0 Å². The number of para-hydroxylation sites is 1. The zero-order valence-electron chi connectivity index (χ0n) is 16.1. The molecule has 3 rings (SSSR count). The summed E-state index contributed by atoms with van der Waals surface area (Å²) in [5.74, 6) is 0.655. The van der Waals surface area contributed by atoms with Crippen LogP contribution in [0.3, 0.4) is 0 Å². The van der Waals surface area contributed by atoms with Crippen LogP contribution < -0.4 is 10.1 Å². The van der Waals surface area contributed by atoms with Crippen molar-refractivity contribution in [2.24, 2.45) is 0 Å². The molecule has 1 N–H and O–H groups in total. The second-order valence-electron chi connectivity index (χ2n) is 6.42. The van der Waals surface area contributed by atoms with Crippen molar-refractivity contribution in [3.8, 4) is 16.3 Å². The maximum absolute atomic E-state index is 12.8. The number of benzene rings is 2. The van der Waals surface area contributed by atoms with Gasteiger partial charge in [0.15, 0.2) is 0 Å². The van der Waals surface area contributed by atoms with Gasteiger partial charge in [0.2, 0.25) is 0 Å². The molecule has 1 amide bonds. The topological polar surface area (TPSA) is 51.2 Å². The highest BCUT2D eigenvalue weighted by Crippen LogP contribution is 2.29. The van der Waals surface area contributed by atoms with Crippen molar-refractivity contribution in [1.82, 2.24) is 10.3 Å². The molecule has 27 heavy (non-hydrogen) atoms. The van der Waals surface area contributed by atoms with Gasteiger partial charge in [-0.15, -0.1) is 11.3 Å². The quantitative estimate of drug-likeness (QED) is 0.641. The molecule has 1 heterocycles. The molecule has 0 radical (unpaired) electrons. The van der Waals surface area contributed by atoms with Gasteiger partial charge in [-0.3, -0.25) is 4.79 Å². The zero-order chi connectivity index (χ0) is 19.4. The van der Waals surface area contributed by atoms with Gasteiger partial charge < -0.3 is 10.1 Å². The first-order chi connectivity index (χ1) is 13.0. The number of amides is 1. The van der Waals surface area contributed by atoms with E-state index in [1.54, 1.807) is 7.11 Å². The van der Waals surface area contributed by atoms with Crippen LogP contribution >= 0.6 is 11.3 Å². The highest BCUT2D eigenvalue weighted by Gasteiger charge is 2.20. The molecule has 2 aromatic carbocycles. The summed E-state index contributed by atoms with van der Waals surface area (Å²) >= 11 is 1.43. The van der Waals surface area contributed by atoms with Crippen LogP contribution in [0.15, 0.2) is 48.5 Å². The highest BCUT2D eigenvalue weighted by atomic mass is 32.1. The number of methoxy groups -OCH3 is 1. The van der Waals surface area contributed by atoms with Crippen LogP contribution in [0, 0.1) is 6.92 Å². The Kier molecular flexibility index (Phi) is 5.91. The molecule has 4 nitrogen and oxygen atoms in total. The second-order valence-corrected chi connectivity index (χ2v) is 7.42. The Labute approximate surface area is 164 Å². The van der Waals surface area contributed by atoms with Crippen molar-refractivity contribution in [2.45, 2.75) is 33.2 Å². The van der Waals surface area contributed by atoms with E-state index in [-0.39, 0.29) is 11.9 Å². The van der Waals surface area contributed by atoms with Gasteiger partial charge in [-0.25, -0.2) is 4.98 Å². The minimum atomic E-state index is -0.164. The first kappa shape index (κ1) is 19.1. The number of rotatable bonds is 6. The van der Waals surface area contributed by atoms with Gasteiger partial charge in [-0.1, -0.05) is 49.4 Å². The lowest BCUT2D eigenvalue weighted by Crippen LogP contribution is -2.26. The fourth-order valence-corrected chi connectivity index (χ4v) is 3.95. The van der Waals surface area contributed by atoms with E-state index in [2.05, 4.69) is 41.5 Å². The Balaban J connectivity index is 1.79. The second kappa shape index (κ2) is 8.35. The minimum absolute atomic E-state index is 0.111. The number of hydrogen-bond donors (Lipinski definition) is 1. The molecule has 0 aliphatic rings. The molecule has 0 spiro atoms. The molecule has 0 aliphatic heterocycles. The minimum Gasteiger partial charge on any atom is -0.496 e. The lowest BCUT2D eigenvalue weighted by atomic mass is 10.1. The summed E-state index contributed by atoms with van der Waals surface area (Å²) in [7, 11) is 1.64. The summed E-state index contributed by atoms with van der Waals surface area (Å²) in [6.45, 7) is 5.97. The van der Waals surface area contributed by atoms with Crippen LogP contribution in [0.25, 0.3) is 10.6 Å². The lowest BCUT2D eigenvalue weighted by Gasteiger charge is -2.16. The average molecular weight is 381 g/mol. The number of aryl methyl sites for hydroxylation is 2. The number of nitrogens with zero attached hydrogens (tertiary/aromatic N) is 1. The number of carbonyl (C=O) groups is 1. The average Bonchev–Trinajstić information content (AvgIpc) is 3.09. The van der Waals surface area contributed by atoms with Crippen LogP contribution in [-0.4, -0.2) is 18.0 Å². The summed E-state index contributed by atoms with van der Waals surface area (Å²) < 4.78 is 5.40. The van der Waals surface area contributed by atoms with E-state index >= 15 is 0 Å². The van der Waals surface area contributed by atoms with Gasteiger partial charge in [-0.05, 0) is 31.9 Å². The Bertz CT molecular complexity index is 932. The van der Waals surface area contributed by atoms with Crippen molar-refractivity contribution in [1.29, 1.82) is 0 Å². The van der Waals surface area contributed by atoms with E-state index < -0.39 is 0 Å². The number of hydrogen-bond acceptors (Lipinski definition) is 4. The van der Waals surface area contributed by atoms with Crippen molar-refractivity contribution in [3.05, 3.63) is 70.2 Å². The Morgan fingerprint density at radius 1 is 1.19 bits per heavy atom. The van der Waals surface area contributed by atoms with Crippen LogP contribution in [0.2, 0.25) is 0 Å². The van der Waals surface area contributed by atoms with Crippen molar-refractivity contribution >= 4 is 17.2 Å². The fraction of sp³-hybridized carbons (Fsp3) is 0.273. The molecule has 1 aromatic heterocycles. The molecule has 0 bridgehead atoms. The third-order valence-corrected chi connectivity index (χ3v) is 5.77. The van der Waals surface area contributed by atoms with Gasteiger partial charge in [0.25, 0.3) is 5.91 Å². The monoisotopic (exact) mass is 380 g/mol. The summed E-state index contributed by atoms with van der Waals surface area (Å²) in [5, 5.41) is 3.93. The van der Waals surface area contributed by atoms with Gasteiger partial charge in [0, 0.05) is 11.1 Å². The summed E-state index contributed by atoms with van der Waals surface area (Å²) in [5.41, 5.74) is 4.03. The Morgan fingerprint density at radius 3 is 2.56 bits per heavy atom. The van der Waals surface area contributed by atoms with E-state index in [0.717, 1.165) is 34.0 Å². The van der Waals surface area contributed by atoms with E-state index in [1.165, 1.54) is 16.9 Å². The molecule has 0 fully saturated rings. The molecule has 140 valence electrons. The van der Waals surface area contributed by atoms with Crippen LogP contribution in [0.4, 0.5) is 0 Å². The third kappa shape index (κ3) is 4.19. The Hall–Kier alpha value is -2.66. The first-order valence-corrected chi connectivity index (χ1v) is 9.85. The summed E-state index contributed by atoms with van der Waals surface area (Å²) in [4.78, 5) is 18.1. The van der Waals surface area contributed by atoms with Gasteiger partial charge in [0.1, 0.15) is 15.6 Å². The maximum Gasteiger partial charge on any atom is 0.263 e. The third-order valence-electron chi connectivity index (χ3n) is 4.56. The number of thiazole rings is 1. The summed E-state index contributed by atoms with van der Waals surface area (Å²) in [6, 6.07) is 15.9. The van der Waals surface area contributed by atoms with E-state index in [1.807, 2.05) is 38.1 Å². The van der Waals surface area contributed by atoms with Crippen LogP contribution in [0.5, 0.6) is 5.75 Å². The van der Waals surface area contributed by atoms with Crippen molar-refractivity contribution in [3.63, 3.8) is 0 Å². The van der Waals surface area contributed by atoms with Gasteiger partial charge in [0.05, 0.1) is 18.8 Å². The normalized spacial score (nSPS) is 11.9. The molecular weight excluding hydrogens is 356 g/mol. The SMILES string of the molecule is CCc1ccc(-c2nc(C)c(C(=O)NC(C)c3ccccc3OC)s2)cc1. The van der Waals surface area contributed by atoms with E-state index in [9.17, 15) is 4.79 Å². The van der Waals surface area contributed by atoms with Crippen LogP contribution in [-0.2, 0) is 6.42 Å². The summed E-state index contributed by atoms with van der Waals surface area (Å²) in [6.07, 6.45) is 1.01. The molecular formula is C22H24N2O2S. The predicted octanol–water partition coefficient (Wildman–Crippen LogP) is 5.18. The number of ether oxygens (including phenoxy) is 1. The maximum atomic E-state index is 12.8. The smallest absolute Gasteiger partial charge is 0.263 e. The van der Waals surface area contributed by atoms with Gasteiger partial charge in [-0.2, -0.15) is 0 Å². The number of carbonyl (C=O) groups excluding carboxylic acids is 1. The van der Waals surface area contributed by atoms with Crippen molar-refractivity contribution in [2.75, 3.05) is 7.11 Å². The molecule has 1 unspecified atom stereocenters. The molecule has 0 saturated carbocycles. The molecule has 1 atom stereocenters. The van der Waals surface area contributed by atoms with Crippen LogP contribution in [0.1, 0.15) is 46.4 Å². The van der Waals surface area contributed by atoms with E-state index in [4.69, 9.17) is 4.74 Å². The highest BCUT2D eigenvalue weighted by molar-refractivity contribution is 7.17. The fourth-order valence-electron chi connectivity index (χ4n) is 2.98. The zero-order valence-corrected chi connectivity index (χ0v) is 16.9. The molecule has 3 aromatic rings. The number of nitrogens with one attached hydrogen (secondary N) is 1. The van der Waals surface area contributed by atoms with Crippen molar-refractivity contribution < 1.29 is 9.53 Å². The standard InChI is InChI=1S/C22H24N2O2S/c1-5-16-10-12-17(13-11-16)22-24-15(3)20(27-22)21(25)23-14(2)18-8-6-7-9-19(18)26-4/h6-14H,5H2,1-4H3,(H,23,25). The van der Waals surface area contributed by atoms with E-state index in [0.29, 0.717) is 4.88 Å². The molecule has 0 saturated heterocycles. The largest absolute Gasteiger partial charge is 0.496 e. The number of aromatic nitrogens is 1. The lowest BCUT2D eigenvalue weighted by molar-refractivity contribution is 0.0943. The molecule has 0 aliphatic carbocycles.